The van der Waals surface area contributed by atoms with Gasteiger partial charge >= 0.3 is 0 Å². The van der Waals surface area contributed by atoms with Crippen LogP contribution in [0.25, 0.3) is 55.6 Å². The van der Waals surface area contributed by atoms with E-state index in [1.54, 1.807) is 0 Å². The van der Waals surface area contributed by atoms with Crippen LogP contribution in [0.1, 0.15) is 22.6 Å². The van der Waals surface area contributed by atoms with Gasteiger partial charge in [0.1, 0.15) is 0 Å². The lowest BCUT2D eigenvalue weighted by Crippen LogP contribution is -2.09. The van der Waals surface area contributed by atoms with Gasteiger partial charge in [-0.1, -0.05) is 231 Å². The lowest BCUT2D eigenvalue weighted by atomic mass is 9.84. The topological polar surface area (TPSA) is 3.24 Å². The zero-order valence-corrected chi connectivity index (χ0v) is 35.1. The quantitative estimate of drug-likeness (QED) is 0.119. The summed E-state index contributed by atoms with van der Waals surface area (Å²) in [6.07, 6.45) is 0.898. The van der Waals surface area contributed by atoms with Crippen LogP contribution < -0.4 is 4.90 Å². The maximum absolute atomic E-state index is 2.34. The fourth-order valence-electron chi connectivity index (χ4n) is 8.69. The largest absolute Gasteiger partial charge is 0.311 e. The van der Waals surface area contributed by atoms with Crippen molar-refractivity contribution in [3.05, 3.63) is 284 Å². The highest BCUT2D eigenvalue weighted by Crippen LogP contribution is 2.38. The maximum Gasteiger partial charge on any atom is 0.0462 e. The van der Waals surface area contributed by atoms with Gasteiger partial charge in [0.2, 0.25) is 0 Å². The van der Waals surface area contributed by atoms with E-state index in [0.717, 1.165) is 23.5 Å². The van der Waals surface area contributed by atoms with Gasteiger partial charge in [-0.2, -0.15) is 0 Å². The summed E-state index contributed by atoms with van der Waals surface area (Å²) in [5.41, 5.74) is 19.4. The van der Waals surface area contributed by atoms with E-state index in [0.29, 0.717) is 0 Å². The Hall–Kier alpha value is -8.00. The average molecular weight is 806 g/mol. The molecule has 0 saturated carbocycles. The number of anilines is 3. The average Bonchev–Trinajstić information content (AvgIpc) is 3.38. The molecule has 0 unspecified atom stereocenters. The van der Waals surface area contributed by atoms with Crippen molar-refractivity contribution in [2.45, 2.75) is 12.3 Å². The van der Waals surface area contributed by atoms with E-state index >= 15 is 0 Å². The van der Waals surface area contributed by atoms with Crippen molar-refractivity contribution in [1.29, 1.82) is 0 Å². The van der Waals surface area contributed by atoms with Gasteiger partial charge in [-0.05, 0) is 115 Å². The third kappa shape index (κ3) is 8.91. The van der Waals surface area contributed by atoms with Gasteiger partial charge in [0, 0.05) is 23.0 Å². The van der Waals surface area contributed by atoms with E-state index in [4.69, 9.17) is 0 Å². The van der Waals surface area contributed by atoms with Crippen molar-refractivity contribution in [2.75, 3.05) is 4.90 Å². The lowest BCUT2D eigenvalue weighted by molar-refractivity contribution is 0.805. The van der Waals surface area contributed by atoms with Crippen LogP contribution in [0, 0.1) is 0 Å². The molecule has 0 aliphatic carbocycles. The molecule has 0 amide bonds. The fourth-order valence-corrected chi connectivity index (χ4v) is 8.69. The Kier molecular flexibility index (Phi) is 11.4. The molecule has 0 spiro atoms. The van der Waals surface area contributed by atoms with Crippen LogP contribution in [0.3, 0.4) is 0 Å². The second-order valence-electron chi connectivity index (χ2n) is 16.1. The predicted octanol–water partition coefficient (Wildman–Crippen LogP) is 16.9. The Labute approximate surface area is 371 Å². The van der Waals surface area contributed by atoms with Crippen LogP contribution in [0.15, 0.2) is 267 Å². The standard InChI is InChI=1S/C62H47N/c1-5-13-47(14-6-1)52-25-29-57(30-26-52)62(58-31-27-53(28-32-58)48-15-7-2-8-16-48)45-46-21-23-51(24-22-46)56-37-43-61(44-38-56)63(59-39-33-54(34-40-59)49-17-9-3-10-18-49)60-41-35-55(36-42-60)50-19-11-4-12-20-50/h1-44,62H,45H2. The Morgan fingerprint density at radius 3 is 0.714 bits per heavy atom. The third-order valence-corrected chi connectivity index (χ3v) is 12.2. The van der Waals surface area contributed by atoms with Crippen molar-refractivity contribution in [3.63, 3.8) is 0 Å². The third-order valence-electron chi connectivity index (χ3n) is 12.2. The first-order chi connectivity index (χ1) is 31.2. The van der Waals surface area contributed by atoms with Gasteiger partial charge < -0.3 is 4.90 Å². The molecule has 10 rings (SSSR count). The van der Waals surface area contributed by atoms with Crippen LogP contribution in [-0.4, -0.2) is 0 Å². The first-order valence-corrected chi connectivity index (χ1v) is 21.8. The number of hydrogen-bond acceptors (Lipinski definition) is 1. The summed E-state index contributed by atoms with van der Waals surface area (Å²) >= 11 is 0. The van der Waals surface area contributed by atoms with Gasteiger partial charge in [0.15, 0.2) is 0 Å². The van der Waals surface area contributed by atoms with Crippen LogP contribution in [0.2, 0.25) is 0 Å². The molecule has 1 nitrogen and oxygen atoms in total. The highest BCUT2D eigenvalue weighted by molar-refractivity contribution is 5.81. The molecule has 0 radical (unpaired) electrons. The summed E-state index contributed by atoms with van der Waals surface area (Å²) in [5, 5.41) is 0. The summed E-state index contributed by atoms with van der Waals surface area (Å²) < 4.78 is 0. The van der Waals surface area contributed by atoms with Crippen molar-refractivity contribution in [1.82, 2.24) is 0 Å². The van der Waals surface area contributed by atoms with Crippen LogP contribution in [0.4, 0.5) is 17.1 Å². The van der Waals surface area contributed by atoms with Crippen molar-refractivity contribution in [3.8, 4) is 55.6 Å². The summed E-state index contributed by atoms with van der Waals surface area (Å²) in [6, 6.07) is 96.6. The summed E-state index contributed by atoms with van der Waals surface area (Å²) in [5.74, 6) is 0.208. The lowest BCUT2D eigenvalue weighted by Gasteiger charge is -2.26. The normalized spacial score (nSPS) is 11.1. The van der Waals surface area contributed by atoms with Crippen molar-refractivity contribution in [2.24, 2.45) is 0 Å². The molecular formula is C62H47N. The molecule has 300 valence electrons. The summed E-state index contributed by atoms with van der Waals surface area (Å²) in [4.78, 5) is 2.34. The molecule has 10 aromatic carbocycles. The molecule has 10 aromatic rings. The molecule has 63 heavy (non-hydrogen) atoms. The van der Waals surface area contributed by atoms with Gasteiger partial charge in [-0.25, -0.2) is 0 Å². The molecule has 1 heteroatoms. The first-order valence-electron chi connectivity index (χ1n) is 21.8. The Balaban J connectivity index is 0.921. The Bertz CT molecular complexity index is 2810. The molecule has 0 aromatic heterocycles. The number of hydrogen-bond donors (Lipinski definition) is 0. The molecule has 0 fully saturated rings. The monoisotopic (exact) mass is 805 g/mol. The zero-order chi connectivity index (χ0) is 42.2. The first kappa shape index (κ1) is 39.2. The number of rotatable bonds is 12. The van der Waals surface area contributed by atoms with Gasteiger partial charge in [0.25, 0.3) is 0 Å². The second kappa shape index (κ2) is 18.3. The highest BCUT2D eigenvalue weighted by atomic mass is 15.1. The minimum atomic E-state index is 0.208. The molecule has 0 atom stereocenters. The Morgan fingerprint density at radius 1 is 0.222 bits per heavy atom. The van der Waals surface area contributed by atoms with Crippen LogP contribution in [0.5, 0.6) is 0 Å². The SMILES string of the molecule is c1ccc(-c2ccc(C(Cc3ccc(-c4ccc(N(c5ccc(-c6ccccc6)cc5)c5ccc(-c6ccccc6)cc5)cc4)cc3)c3ccc(-c4ccccc4)cc3)cc2)cc1. The second-order valence-corrected chi connectivity index (χ2v) is 16.1. The van der Waals surface area contributed by atoms with Crippen LogP contribution in [-0.2, 0) is 6.42 Å². The van der Waals surface area contributed by atoms with E-state index in [1.165, 1.54) is 72.3 Å². The molecule has 0 bridgehead atoms. The minimum Gasteiger partial charge on any atom is -0.311 e. The van der Waals surface area contributed by atoms with E-state index in [1.807, 2.05) is 0 Å². The molecular weight excluding hydrogens is 759 g/mol. The van der Waals surface area contributed by atoms with Gasteiger partial charge in [0.05, 0.1) is 0 Å². The maximum atomic E-state index is 2.34. The molecule has 0 N–H and O–H groups in total. The van der Waals surface area contributed by atoms with E-state index < -0.39 is 0 Å². The molecule has 0 saturated heterocycles. The van der Waals surface area contributed by atoms with E-state index in [9.17, 15) is 0 Å². The highest BCUT2D eigenvalue weighted by Gasteiger charge is 2.17. The number of benzene rings is 10. The zero-order valence-electron chi connectivity index (χ0n) is 35.1. The smallest absolute Gasteiger partial charge is 0.0462 e. The minimum absolute atomic E-state index is 0.208. The van der Waals surface area contributed by atoms with E-state index in [-0.39, 0.29) is 5.92 Å². The van der Waals surface area contributed by atoms with Gasteiger partial charge in [-0.3, -0.25) is 0 Å². The summed E-state index contributed by atoms with van der Waals surface area (Å²) in [7, 11) is 0. The van der Waals surface area contributed by atoms with Crippen molar-refractivity contribution >= 4 is 17.1 Å². The van der Waals surface area contributed by atoms with Crippen molar-refractivity contribution < 1.29 is 0 Å². The van der Waals surface area contributed by atoms with Crippen LogP contribution >= 0.6 is 0 Å². The molecule has 0 aliphatic rings. The van der Waals surface area contributed by atoms with Gasteiger partial charge in [-0.15, -0.1) is 0 Å². The molecule has 0 heterocycles. The fraction of sp³-hybridized carbons (Fsp3) is 0.0323. The Morgan fingerprint density at radius 2 is 0.444 bits per heavy atom. The molecule has 0 aliphatic heterocycles. The van der Waals surface area contributed by atoms with E-state index in [2.05, 4.69) is 272 Å². The number of nitrogens with zero attached hydrogens (tertiary/aromatic N) is 1. The predicted molar refractivity (Wildman–Crippen MR) is 267 cm³/mol. The summed E-state index contributed by atoms with van der Waals surface area (Å²) in [6.45, 7) is 0.